The van der Waals surface area contributed by atoms with Crippen LogP contribution in [0.5, 0.6) is 0 Å². The van der Waals surface area contributed by atoms with E-state index in [4.69, 9.17) is 0 Å². The number of carbonyl (C=O) groups excluding carboxylic acids is 3. The van der Waals surface area contributed by atoms with Crippen molar-refractivity contribution in [2.24, 2.45) is 0 Å². The number of hydrogen-bond acceptors (Lipinski definition) is 5. The highest BCUT2D eigenvalue weighted by molar-refractivity contribution is 5.98. The Morgan fingerprint density at radius 1 is 1.03 bits per heavy atom. The van der Waals surface area contributed by atoms with E-state index in [1.807, 2.05) is 48.6 Å². The Kier molecular flexibility index (Phi) is 6.13. The van der Waals surface area contributed by atoms with Crippen LogP contribution < -0.4 is 5.43 Å². The lowest BCUT2D eigenvalue weighted by molar-refractivity contribution is -0.129. The van der Waals surface area contributed by atoms with E-state index in [-0.39, 0.29) is 24.1 Å². The van der Waals surface area contributed by atoms with Gasteiger partial charge in [0, 0.05) is 37.5 Å². The Morgan fingerprint density at radius 3 is 2.50 bits per heavy atom. The Labute approximate surface area is 185 Å². The number of hydrazine groups is 1. The minimum atomic E-state index is -0.601. The van der Waals surface area contributed by atoms with Gasteiger partial charge in [-0.2, -0.15) is 5.10 Å². The van der Waals surface area contributed by atoms with Crippen molar-refractivity contribution in [3.8, 4) is 0 Å². The molecule has 2 heterocycles. The number of amides is 2. The molecule has 1 fully saturated rings. The third-order valence-corrected chi connectivity index (χ3v) is 5.52. The summed E-state index contributed by atoms with van der Waals surface area (Å²) in [5, 5.41) is 10.1. The number of nitrogens with zero attached hydrogens (tertiary/aromatic N) is 3. The van der Waals surface area contributed by atoms with Gasteiger partial charge in [0.15, 0.2) is 5.78 Å². The molecule has 1 aliphatic heterocycles. The molecule has 1 unspecified atom stereocenters. The SMILES string of the molecule is CC(=O)NN1CCN(C(=O)c2ccc(/C=C/c3n[nH]c4ccccc34)cc2)C(C(C)=O)C1. The van der Waals surface area contributed by atoms with Gasteiger partial charge in [0.25, 0.3) is 5.91 Å². The van der Waals surface area contributed by atoms with Gasteiger partial charge in [-0.25, -0.2) is 5.01 Å². The average Bonchev–Trinajstić information content (AvgIpc) is 3.20. The molecule has 164 valence electrons. The Hall–Kier alpha value is -3.78. The molecule has 0 saturated carbocycles. The van der Waals surface area contributed by atoms with Crippen LogP contribution in [0.2, 0.25) is 0 Å². The first-order chi connectivity index (χ1) is 15.4. The molecule has 0 aliphatic carbocycles. The van der Waals surface area contributed by atoms with Crippen molar-refractivity contribution < 1.29 is 14.4 Å². The van der Waals surface area contributed by atoms with Gasteiger partial charge >= 0.3 is 0 Å². The van der Waals surface area contributed by atoms with Crippen LogP contribution in [0.4, 0.5) is 0 Å². The topological polar surface area (TPSA) is 98.4 Å². The van der Waals surface area contributed by atoms with E-state index in [0.717, 1.165) is 22.2 Å². The molecule has 1 atom stereocenters. The Balaban J connectivity index is 1.46. The lowest BCUT2D eigenvalue weighted by atomic mass is 10.1. The average molecular weight is 431 g/mol. The number of aromatic nitrogens is 2. The summed E-state index contributed by atoms with van der Waals surface area (Å²) in [6, 6.07) is 14.6. The quantitative estimate of drug-likeness (QED) is 0.647. The molecule has 1 saturated heterocycles. The van der Waals surface area contributed by atoms with Gasteiger partial charge in [0.05, 0.1) is 11.2 Å². The van der Waals surface area contributed by atoms with Crippen LogP contribution in [0.3, 0.4) is 0 Å². The second kappa shape index (κ2) is 9.15. The van der Waals surface area contributed by atoms with Crippen LogP contribution in [-0.2, 0) is 9.59 Å². The first-order valence-electron chi connectivity index (χ1n) is 10.5. The van der Waals surface area contributed by atoms with E-state index in [1.165, 1.54) is 13.8 Å². The number of H-pyrrole nitrogens is 1. The summed E-state index contributed by atoms with van der Waals surface area (Å²) < 4.78 is 0. The predicted molar refractivity (Wildman–Crippen MR) is 122 cm³/mol. The van der Waals surface area contributed by atoms with E-state index >= 15 is 0 Å². The van der Waals surface area contributed by atoms with Gasteiger partial charge < -0.3 is 4.90 Å². The molecule has 8 heteroatoms. The lowest BCUT2D eigenvalue weighted by Gasteiger charge is -2.40. The van der Waals surface area contributed by atoms with Crippen LogP contribution in [0.1, 0.15) is 35.5 Å². The summed E-state index contributed by atoms with van der Waals surface area (Å²) in [6.45, 7) is 3.99. The van der Waals surface area contributed by atoms with Crippen molar-refractivity contribution in [3.05, 3.63) is 65.4 Å². The van der Waals surface area contributed by atoms with Gasteiger partial charge in [0.2, 0.25) is 5.91 Å². The minimum absolute atomic E-state index is 0.112. The summed E-state index contributed by atoms with van der Waals surface area (Å²) in [5.74, 6) is -0.501. The molecule has 0 radical (unpaired) electrons. The van der Waals surface area contributed by atoms with E-state index in [9.17, 15) is 14.4 Å². The molecule has 1 aliphatic rings. The van der Waals surface area contributed by atoms with Gasteiger partial charge in [-0.1, -0.05) is 36.4 Å². The minimum Gasteiger partial charge on any atom is -0.326 e. The highest BCUT2D eigenvalue weighted by Gasteiger charge is 2.34. The largest absolute Gasteiger partial charge is 0.326 e. The zero-order valence-corrected chi connectivity index (χ0v) is 18.0. The van der Waals surface area contributed by atoms with Crippen molar-refractivity contribution in [1.29, 1.82) is 0 Å². The third-order valence-electron chi connectivity index (χ3n) is 5.52. The fourth-order valence-electron chi connectivity index (χ4n) is 3.89. The number of fused-ring (bicyclic) bond motifs is 1. The van der Waals surface area contributed by atoms with Crippen molar-refractivity contribution in [2.45, 2.75) is 19.9 Å². The second-order valence-corrected chi connectivity index (χ2v) is 7.85. The maximum atomic E-state index is 13.1. The zero-order valence-electron chi connectivity index (χ0n) is 18.0. The number of ketones is 1. The lowest BCUT2D eigenvalue weighted by Crippen LogP contribution is -2.61. The molecule has 3 aromatic rings. The molecule has 4 rings (SSSR count). The number of piperazine rings is 1. The van der Waals surface area contributed by atoms with Gasteiger partial charge in [-0.15, -0.1) is 0 Å². The Bertz CT molecular complexity index is 1180. The number of nitrogens with one attached hydrogen (secondary N) is 2. The van der Waals surface area contributed by atoms with Crippen molar-refractivity contribution in [2.75, 3.05) is 19.6 Å². The van der Waals surface area contributed by atoms with Gasteiger partial charge in [-0.05, 0) is 36.8 Å². The summed E-state index contributed by atoms with van der Waals surface area (Å²) in [5.41, 5.74) is 5.98. The van der Waals surface area contributed by atoms with Gasteiger partial charge in [-0.3, -0.25) is 24.9 Å². The van der Waals surface area contributed by atoms with E-state index < -0.39 is 6.04 Å². The molecule has 32 heavy (non-hydrogen) atoms. The molecule has 8 nitrogen and oxygen atoms in total. The predicted octanol–water partition coefficient (Wildman–Crippen LogP) is 2.50. The standard InChI is InChI=1S/C24H25N5O3/c1-16(30)23-15-28(27-17(2)31)13-14-29(23)24(32)19-10-7-18(8-11-19)9-12-22-20-5-3-4-6-21(20)25-26-22/h3-12,23H,13-15H2,1-2H3,(H,25,26)(H,27,31)/b12-9+. The van der Waals surface area contributed by atoms with Gasteiger partial charge in [0.1, 0.15) is 6.04 Å². The molecule has 0 bridgehead atoms. The monoisotopic (exact) mass is 431 g/mol. The fourth-order valence-corrected chi connectivity index (χ4v) is 3.89. The smallest absolute Gasteiger partial charge is 0.254 e. The number of Topliss-reactive ketones (excluding diaryl/α,β-unsaturated/α-hetero) is 1. The Morgan fingerprint density at radius 2 is 1.78 bits per heavy atom. The number of rotatable bonds is 5. The van der Waals surface area contributed by atoms with Crippen LogP contribution in [0.15, 0.2) is 48.5 Å². The summed E-state index contributed by atoms with van der Waals surface area (Å²) >= 11 is 0. The number of carbonyl (C=O) groups is 3. The molecule has 2 aromatic carbocycles. The normalized spacial score (nSPS) is 17.1. The second-order valence-electron chi connectivity index (χ2n) is 7.85. The summed E-state index contributed by atoms with van der Waals surface area (Å²) in [4.78, 5) is 38.2. The van der Waals surface area contributed by atoms with Crippen molar-refractivity contribution in [1.82, 2.24) is 25.5 Å². The first kappa shape index (κ1) is 21.5. The molecular weight excluding hydrogens is 406 g/mol. The van der Waals surface area contributed by atoms with E-state index in [2.05, 4.69) is 15.6 Å². The zero-order chi connectivity index (χ0) is 22.7. The van der Waals surface area contributed by atoms with E-state index in [0.29, 0.717) is 18.7 Å². The van der Waals surface area contributed by atoms with Crippen LogP contribution in [0.25, 0.3) is 23.1 Å². The number of para-hydroxylation sites is 1. The molecular formula is C24H25N5O3. The molecule has 0 spiro atoms. The van der Waals surface area contributed by atoms with Crippen molar-refractivity contribution >= 4 is 40.7 Å². The fraction of sp³-hybridized carbons (Fsp3) is 0.250. The van der Waals surface area contributed by atoms with Crippen LogP contribution in [0, 0.1) is 0 Å². The van der Waals surface area contributed by atoms with Crippen LogP contribution in [-0.4, -0.2) is 63.4 Å². The number of aromatic amines is 1. The number of benzene rings is 2. The van der Waals surface area contributed by atoms with Crippen LogP contribution >= 0.6 is 0 Å². The molecule has 2 N–H and O–H groups in total. The molecule has 1 aromatic heterocycles. The summed E-state index contributed by atoms with van der Waals surface area (Å²) in [7, 11) is 0. The van der Waals surface area contributed by atoms with E-state index in [1.54, 1.807) is 22.0 Å². The number of hydrogen-bond donors (Lipinski definition) is 2. The highest BCUT2D eigenvalue weighted by atomic mass is 16.2. The highest BCUT2D eigenvalue weighted by Crippen LogP contribution is 2.19. The first-order valence-corrected chi connectivity index (χ1v) is 10.5. The third kappa shape index (κ3) is 4.60. The van der Waals surface area contributed by atoms with Crippen molar-refractivity contribution in [3.63, 3.8) is 0 Å². The molecule has 2 amide bonds. The maximum Gasteiger partial charge on any atom is 0.254 e. The summed E-state index contributed by atoms with van der Waals surface area (Å²) in [6.07, 6.45) is 3.88. The maximum absolute atomic E-state index is 13.1.